The molecule has 160 valence electrons. The number of ether oxygens (including phenoxy) is 1. The van der Waals surface area contributed by atoms with Crippen molar-refractivity contribution in [2.24, 2.45) is 11.1 Å². The van der Waals surface area contributed by atoms with Gasteiger partial charge in [-0.1, -0.05) is 12.1 Å². The van der Waals surface area contributed by atoms with Gasteiger partial charge in [0.25, 0.3) is 0 Å². The molecule has 7 nitrogen and oxygen atoms in total. The molecule has 1 saturated carbocycles. The maximum Gasteiger partial charge on any atom is 0.341 e. The van der Waals surface area contributed by atoms with E-state index in [1.165, 1.54) is 11.1 Å². The monoisotopic (exact) mass is 438 g/mol. The number of pyridine rings is 1. The van der Waals surface area contributed by atoms with Crippen molar-refractivity contribution >= 4 is 33.9 Å². The smallest absolute Gasteiger partial charge is 0.341 e. The van der Waals surface area contributed by atoms with Gasteiger partial charge >= 0.3 is 5.97 Å². The molecule has 0 radical (unpaired) electrons. The number of fused-ring (bicyclic) bond motifs is 2. The lowest BCUT2D eigenvalue weighted by Gasteiger charge is -2.18. The lowest BCUT2D eigenvalue weighted by Crippen LogP contribution is -2.19. The van der Waals surface area contributed by atoms with Gasteiger partial charge < -0.3 is 19.6 Å². The molecule has 0 spiro atoms. The summed E-state index contributed by atoms with van der Waals surface area (Å²) in [7, 11) is 1.57. The van der Waals surface area contributed by atoms with E-state index in [1.54, 1.807) is 24.5 Å². The molecule has 0 saturated heterocycles. The number of methoxy groups -OCH3 is 1. The fourth-order valence-corrected chi connectivity index (χ4v) is 5.68. The zero-order valence-electron chi connectivity index (χ0n) is 17.2. The van der Waals surface area contributed by atoms with Crippen LogP contribution in [0.2, 0.25) is 0 Å². The van der Waals surface area contributed by atoms with Crippen LogP contribution in [0.4, 0.5) is 0 Å². The quantitative estimate of drug-likeness (QED) is 0.460. The number of oxime groups is 1. The molecule has 0 bridgehead atoms. The summed E-state index contributed by atoms with van der Waals surface area (Å²) in [6.45, 7) is 2.06. The van der Waals surface area contributed by atoms with Crippen LogP contribution >= 0.6 is 11.3 Å². The van der Waals surface area contributed by atoms with Crippen LogP contribution in [0.5, 0.6) is 5.75 Å². The summed E-state index contributed by atoms with van der Waals surface area (Å²) in [6, 6.07) is 5.71. The first kappa shape index (κ1) is 19.8. The topological polar surface area (TPSA) is 101 Å². The summed E-state index contributed by atoms with van der Waals surface area (Å²) in [6.07, 6.45) is 5.18. The van der Waals surface area contributed by atoms with Crippen molar-refractivity contribution < 1.29 is 19.8 Å². The molecule has 2 aliphatic carbocycles. The number of carbonyl (C=O) groups is 1. The highest BCUT2D eigenvalue weighted by atomic mass is 32.1. The third-order valence-electron chi connectivity index (χ3n) is 6.25. The van der Waals surface area contributed by atoms with Crippen LogP contribution in [-0.2, 0) is 6.42 Å². The van der Waals surface area contributed by atoms with Gasteiger partial charge in [-0.05, 0) is 43.9 Å². The van der Waals surface area contributed by atoms with Crippen LogP contribution in [0.1, 0.15) is 53.0 Å². The molecule has 2 N–H and O–H groups in total. The second-order valence-corrected chi connectivity index (χ2v) is 9.37. The second-order valence-electron chi connectivity index (χ2n) is 8.23. The minimum Gasteiger partial charge on any atom is -0.494 e. The van der Waals surface area contributed by atoms with Gasteiger partial charge in [0, 0.05) is 39.0 Å². The highest BCUT2D eigenvalue weighted by molar-refractivity contribution is 7.16. The van der Waals surface area contributed by atoms with E-state index in [1.807, 2.05) is 16.7 Å². The number of hydrogen-bond donors (Lipinski definition) is 2. The molecule has 1 fully saturated rings. The maximum absolute atomic E-state index is 12.9. The van der Waals surface area contributed by atoms with Gasteiger partial charge in [-0.25, -0.2) is 4.79 Å². The lowest BCUT2D eigenvalue weighted by atomic mass is 9.87. The van der Waals surface area contributed by atoms with Crippen molar-refractivity contribution in [3.63, 3.8) is 0 Å². The van der Waals surface area contributed by atoms with Gasteiger partial charge in [-0.15, -0.1) is 11.3 Å². The molecule has 0 aliphatic heterocycles. The van der Waals surface area contributed by atoms with E-state index in [-0.39, 0.29) is 17.5 Å². The van der Waals surface area contributed by atoms with Crippen LogP contribution < -0.4 is 10.2 Å². The van der Waals surface area contributed by atoms with E-state index in [0.717, 1.165) is 41.7 Å². The predicted octanol–water partition coefficient (Wildman–Crippen LogP) is 4.53. The van der Waals surface area contributed by atoms with Crippen LogP contribution in [0.3, 0.4) is 0 Å². The first-order chi connectivity index (χ1) is 14.9. The van der Waals surface area contributed by atoms with Crippen LogP contribution in [0.25, 0.3) is 21.3 Å². The highest BCUT2D eigenvalue weighted by Crippen LogP contribution is 2.45. The molecule has 2 aliphatic rings. The minimum absolute atomic E-state index is 0.163. The average Bonchev–Trinajstić information content (AvgIpc) is 3.51. The maximum atomic E-state index is 12.9. The van der Waals surface area contributed by atoms with E-state index >= 15 is 0 Å². The number of benzene rings is 1. The molecule has 0 amide bonds. The summed E-state index contributed by atoms with van der Waals surface area (Å²) in [5, 5.41) is 22.9. The summed E-state index contributed by atoms with van der Waals surface area (Å²) >= 11 is 1.64. The summed E-state index contributed by atoms with van der Waals surface area (Å²) < 4.78 is 7.70. The number of carboxylic acids is 1. The standard InChI is InChI=1S/C23H22N2O5S/c1-11-3-8-17-15(19(11)24-29)9-18(31-17)13-6-7-14-20(22(13)30-2)25(12-4-5-12)10-16(21(14)26)23(27)28/h6-7,9-12,29H,3-5,8H2,1-2H3,(H,27,28). The fourth-order valence-electron chi connectivity index (χ4n) is 4.48. The SMILES string of the molecule is COc1c(-c2cc3c(s2)CCC(C)C3=NO)ccc2c(=O)c(C(=O)O)cn(C3CC3)c12. The molecule has 2 heterocycles. The number of aromatic carboxylic acids is 1. The van der Waals surface area contributed by atoms with Gasteiger partial charge in [0.2, 0.25) is 5.43 Å². The van der Waals surface area contributed by atoms with Gasteiger partial charge in [0.15, 0.2) is 5.75 Å². The van der Waals surface area contributed by atoms with Crippen molar-refractivity contribution in [1.29, 1.82) is 0 Å². The number of aromatic nitrogens is 1. The molecule has 1 unspecified atom stereocenters. The van der Waals surface area contributed by atoms with Crippen molar-refractivity contribution in [3.8, 4) is 16.2 Å². The van der Waals surface area contributed by atoms with E-state index in [0.29, 0.717) is 22.4 Å². The van der Waals surface area contributed by atoms with Crippen molar-refractivity contribution in [1.82, 2.24) is 4.57 Å². The number of aryl methyl sites for hydroxylation is 1. The predicted molar refractivity (Wildman–Crippen MR) is 119 cm³/mol. The highest BCUT2D eigenvalue weighted by Gasteiger charge is 2.30. The molecule has 2 aromatic heterocycles. The largest absolute Gasteiger partial charge is 0.494 e. The van der Waals surface area contributed by atoms with Gasteiger partial charge in [-0.3, -0.25) is 4.79 Å². The Balaban J connectivity index is 1.77. The Morgan fingerprint density at radius 1 is 1.26 bits per heavy atom. The zero-order valence-corrected chi connectivity index (χ0v) is 18.0. The van der Waals surface area contributed by atoms with E-state index in [2.05, 4.69) is 12.1 Å². The Morgan fingerprint density at radius 3 is 2.68 bits per heavy atom. The van der Waals surface area contributed by atoms with Crippen molar-refractivity contribution in [2.75, 3.05) is 7.11 Å². The van der Waals surface area contributed by atoms with Crippen LogP contribution in [0, 0.1) is 5.92 Å². The first-order valence-electron chi connectivity index (χ1n) is 10.3. The second kappa shape index (κ2) is 7.23. The van der Waals surface area contributed by atoms with Gasteiger partial charge in [0.05, 0.1) is 23.7 Å². The molecule has 31 heavy (non-hydrogen) atoms. The Labute approximate surface area is 182 Å². The summed E-state index contributed by atoms with van der Waals surface area (Å²) in [5.74, 6) is -0.472. The van der Waals surface area contributed by atoms with Crippen molar-refractivity contribution in [2.45, 2.75) is 38.6 Å². The number of thiophene rings is 1. The number of carboxylic acid groups (broad SMARTS) is 1. The van der Waals surface area contributed by atoms with Crippen LogP contribution in [-0.4, -0.2) is 33.7 Å². The number of hydrogen-bond acceptors (Lipinski definition) is 6. The Morgan fingerprint density at radius 2 is 2.03 bits per heavy atom. The average molecular weight is 439 g/mol. The van der Waals surface area contributed by atoms with Crippen molar-refractivity contribution in [3.05, 3.63) is 50.6 Å². The number of nitrogens with zero attached hydrogens (tertiary/aromatic N) is 2. The summed E-state index contributed by atoms with van der Waals surface area (Å²) in [5.41, 5.74) is 2.41. The van der Waals surface area contributed by atoms with E-state index in [9.17, 15) is 19.9 Å². The third kappa shape index (κ3) is 3.05. The molecule has 8 heteroatoms. The zero-order chi connectivity index (χ0) is 21.9. The number of rotatable bonds is 4. The molecular formula is C23H22N2O5S. The fraction of sp³-hybridized carbons (Fsp3) is 0.348. The third-order valence-corrected chi connectivity index (χ3v) is 7.48. The Bertz CT molecular complexity index is 1320. The normalized spacial score (nSPS) is 19.5. The Hall–Kier alpha value is -3.13. The summed E-state index contributed by atoms with van der Waals surface area (Å²) in [4.78, 5) is 26.6. The molecule has 3 aromatic rings. The molecule has 1 aromatic carbocycles. The van der Waals surface area contributed by atoms with Gasteiger partial charge in [0.1, 0.15) is 5.56 Å². The molecule has 5 rings (SSSR count). The Kier molecular flexibility index (Phi) is 4.62. The molecular weight excluding hydrogens is 416 g/mol. The minimum atomic E-state index is -1.22. The van der Waals surface area contributed by atoms with E-state index < -0.39 is 11.4 Å². The van der Waals surface area contributed by atoms with Gasteiger partial charge in [-0.2, -0.15) is 0 Å². The lowest BCUT2D eigenvalue weighted by molar-refractivity contribution is 0.0695. The first-order valence-corrected chi connectivity index (χ1v) is 11.1. The van der Waals surface area contributed by atoms with E-state index in [4.69, 9.17) is 4.74 Å². The molecule has 1 atom stereocenters. The van der Waals surface area contributed by atoms with Crippen LogP contribution in [0.15, 0.2) is 34.3 Å².